The molecule has 6 aromatic carbocycles. The molecule has 6 aromatic rings. The smallest absolute Gasteiger partial charge is 0.744 e. The Morgan fingerprint density at radius 3 is 0.656 bits per heavy atom. The normalized spacial score (nSPS) is 12.5. The van der Waals surface area contributed by atoms with Gasteiger partial charge in [0.1, 0.15) is 60.7 Å². The first-order valence-electron chi connectivity index (χ1n) is 14.9. The molecule has 0 aliphatic carbocycles. The molecule has 0 fully saturated rings. The third-order valence-electron chi connectivity index (χ3n) is 7.89. The molecule has 61 heavy (non-hydrogen) atoms. The van der Waals surface area contributed by atoms with Gasteiger partial charge in [-0.2, -0.15) is 17.1 Å². The summed E-state index contributed by atoms with van der Waals surface area (Å²) in [6, 6.07) is 10.4. The third-order valence-corrected chi connectivity index (χ3v) is 13.0. The second kappa shape index (κ2) is 17.0. The summed E-state index contributed by atoms with van der Waals surface area (Å²) >= 11 is 0. The number of hydrogen-bond donors (Lipinski definition) is 0. The van der Waals surface area contributed by atoms with Crippen LogP contribution < -0.4 is 0 Å². The van der Waals surface area contributed by atoms with Gasteiger partial charge in [-0.1, -0.05) is 36.4 Å². The van der Waals surface area contributed by atoms with E-state index in [1.54, 1.807) is 0 Å². The van der Waals surface area contributed by atoms with Crippen LogP contribution in [0.4, 0.5) is 34.1 Å². The van der Waals surface area contributed by atoms with E-state index >= 15 is 0 Å². The van der Waals surface area contributed by atoms with Crippen LogP contribution in [0.2, 0.25) is 0 Å². The van der Waals surface area contributed by atoms with Crippen LogP contribution in [0.3, 0.4) is 0 Å². The molecule has 1 radical (unpaired) electrons. The first-order valence-corrected chi connectivity index (χ1v) is 23.4. The average Bonchev–Trinajstić information content (AvgIpc) is 3.10. The van der Waals surface area contributed by atoms with Crippen LogP contribution in [0.15, 0.2) is 102 Å². The Morgan fingerprint density at radius 1 is 0.295 bits per heavy atom. The van der Waals surface area contributed by atoms with E-state index in [0.29, 0.717) is 18.2 Å². The van der Waals surface area contributed by atoms with E-state index in [1.165, 1.54) is 0 Å². The van der Waals surface area contributed by atoms with Crippen LogP contribution in [0.5, 0.6) is 0 Å². The van der Waals surface area contributed by atoms with E-state index in [-0.39, 0.29) is 66.4 Å². The Hall–Kier alpha value is -5.12. The van der Waals surface area contributed by atoms with Gasteiger partial charge in [0.15, 0.2) is 0 Å². The molecule has 31 heteroatoms. The van der Waals surface area contributed by atoms with Crippen LogP contribution in [0.1, 0.15) is 0 Å². The predicted octanol–water partition coefficient (Wildman–Crippen LogP) is 6.04. The summed E-state index contributed by atoms with van der Waals surface area (Å²) in [5.41, 5.74) is 42.7. The third kappa shape index (κ3) is 11.0. The molecule has 0 saturated carbocycles. The Balaban J connectivity index is 0.000000242. The zero-order chi connectivity index (χ0) is 45.9. The van der Waals surface area contributed by atoms with Gasteiger partial charge in [0, 0.05) is 0 Å². The first kappa shape index (κ1) is 50.2. The maximum Gasteiger partial charge on any atom is 3.00 e. The maximum atomic E-state index is 11.2. The van der Waals surface area contributed by atoms with Crippen molar-refractivity contribution in [3.05, 3.63) is 107 Å². The maximum absolute atomic E-state index is 11.2. The van der Waals surface area contributed by atoms with E-state index < -0.39 is 107 Å². The van der Waals surface area contributed by atoms with E-state index in [4.69, 9.17) is 34.4 Å². The molecule has 0 atom stereocenters. The van der Waals surface area contributed by atoms with Crippen molar-refractivity contribution in [2.24, 2.45) is 0 Å². The molecule has 0 saturated heterocycles. The van der Waals surface area contributed by atoms with Crippen molar-refractivity contribution < 1.29 is 94.9 Å². The molecule has 0 bridgehead atoms. The van der Waals surface area contributed by atoms with E-state index in [0.717, 1.165) is 54.6 Å². The molecular formula is C30H18FeN6O18S6-9. The van der Waals surface area contributed by atoms with Gasteiger partial charge < -0.3 is 61.7 Å². The minimum Gasteiger partial charge on any atom is -0.744 e. The van der Waals surface area contributed by atoms with Crippen molar-refractivity contribution in [1.29, 1.82) is 0 Å². The van der Waals surface area contributed by atoms with Gasteiger partial charge in [0.25, 0.3) is 0 Å². The molecule has 0 amide bonds. The van der Waals surface area contributed by atoms with Crippen LogP contribution in [0.25, 0.3) is 66.7 Å². The summed E-state index contributed by atoms with van der Waals surface area (Å²) in [4.78, 5) is -5.51. The molecule has 0 unspecified atom stereocenters. The summed E-state index contributed by atoms with van der Waals surface area (Å²) in [7, 11) is -30.1. The number of nitrogens with one attached hydrogen (secondary N) is 6. The molecule has 24 nitrogen and oxygen atoms in total. The Labute approximate surface area is 356 Å². The van der Waals surface area contributed by atoms with Crippen molar-refractivity contribution in [1.82, 2.24) is 0 Å². The Bertz CT molecular complexity index is 3130. The minimum atomic E-state index is -5.04. The molecule has 0 heterocycles. The summed E-state index contributed by atoms with van der Waals surface area (Å²) in [5.74, 6) is 0. The van der Waals surface area contributed by atoms with Gasteiger partial charge in [0.2, 0.25) is 0 Å². The van der Waals surface area contributed by atoms with Gasteiger partial charge in [-0.05, 0) is 68.7 Å². The quantitative estimate of drug-likeness (QED) is 0.135. The zero-order valence-electron chi connectivity index (χ0n) is 29.1. The Kier molecular flexibility index (Phi) is 14.0. The Morgan fingerprint density at radius 2 is 0.492 bits per heavy atom. The summed E-state index contributed by atoms with van der Waals surface area (Å²) in [6.45, 7) is 0. The van der Waals surface area contributed by atoms with Crippen molar-refractivity contribution in [2.45, 2.75) is 29.4 Å². The molecule has 6 rings (SSSR count). The van der Waals surface area contributed by atoms with Crippen molar-refractivity contribution in [3.8, 4) is 0 Å². The predicted molar refractivity (Wildman–Crippen MR) is 204 cm³/mol. The van der Waals surface area contributed by atoms with Gasteiger partial charge in [-0.15, -0.1) is 17.1 Å². The summed E-state index contributed by atoms with van der Waals surface area (Å²) < 4.78 is 199. The summed E-state index contributed by atoms with van der Waals surface area (Å²) in [5, 5.41) is -1.38. The zero-order valence-corrected chi connectivity index (χ0v) is 35.1. The van der Waals surface area contributed by atoms with Gasteiger partial charge in [-0.3, -0.25) is 0 Å². The molecular weight excluding hydrogens is 981 g/mol. The monoisotopic (exact) mass is 998 g/mol. The first-order chi connectivity index (χ1) is 27.0. The topological polar surface area (TPSA) is 486 Å². The molecule has 0 aliphatic rings. The minimum absolute atomic E-state index is 0. The second-order valence-electron chi connectivity index (χ2n) is 11.7. The van der Waals surface area contributed by atoms with E-state index in [1.807, 2.05) is 0 Å². The fourth-order valence-corrected chi connectivity index (χ4v) is 9.13. The fraction of sp³-hybridized carbons (Fsp3) is 0. The number of fused-ring (bicyclic) bond motifs is 3. The number of rotatable bonds is 6. The second-order valence-corrected chi connectivity index (χ2v) is 19.9. The van der Waals surface area contributed by atoms with Crippen molar-refractivity contribution in [2.75, 3.05) is 0 Å². The van der Waals surface area contributed by atoms with E-state index in [2.05, 4.69) is 0 Å². The molecule has 0 aliphatic heterocycles. The van der Waals surface area contributed by atoms with Gasteiger partial charge in [-0.25, -0.2) is 50.5 Å². The van der Waals surface area contributed by atoms with Crippen LogP contribution >= 0.6 is 0 Å². The summed E-state index contributed by atoms with van der Waals surface area (Å²) in [6.07, 6.45) is 0. The van der Waals surface area contributed by atoms with Gasteiger partial charge in [0.05, 0.1) is 29.4 Å². The van der Waals surface area contributed by atoms with Crippen LogP contribution in [-0.2, 0) is 77.8 Å². The molecule has 6 N–H and O–H groups in total. The molecule has 0 spiro atoms. The van der Waals surface area contributed by atoms with Gasteiger partial charge >= 0.3 is 17.1 Å². The largest absolute Gasteiger partial charge is 3.00 e. The van der Waals surface area contributed by atoms with Crippen molar-refractivity contribution >= 4 is 127 Å². The van der Waals surface area contributed by atoms with Crippen LogP contribution in [0, 0.1) is 0 Å². The fourth-order valence-electron chi connectivity index (χ4n) is 5.18. The average molecular weight is 999 g/mol. The van der Waals surface area contributed by atoms with Crippen LogP contribution in [-0.4, -0.2) is 77.8 Å². The standard InChI is InChI=1S/3C10H8N2O6S2.Fe/c3*11-8-2-1-6-7(10(8)12)3-5(19(13,14)15)4-9(6)20(16,17)18;/h3*1-4,11-12H,(H,13,14,15)(H,16,17,18);/q3*-2;+3/p-6. The van der Waals surface area contributed by atoms with E-state index in [9.17, 15) is 77.8 Å². The number of benzene rings is 6. The molecule has 0 aromatic heterocycles. The molecule has 329 valence electrons. The number of hydrogen-bond acceptors (Lipinski definition) is 18. The SMILES string of the molecule is [Fe+3].[NH-]c1ccc2c(S(=O)(=O)[O-])cc(S(=O)(=O)[O-])cc2c1[NH-].[NH-]c1ccc2c(S(=O)(=O)[O-])cc(S(=O)(=O)[O-])cc2c1[NH-].[NH-]c1ccc2c(S(=O)(=O)[O-])cc(S(=O)(=O)[O-])cc2c1[NH-]. The van der Waals surface area contributed by atoms with Crippen molar-refractivity contribution in [3.63, 3.8) is 0 Å².